The first kappa shape index (κ1) is 16.2. The van der Waals surface area contributed by atoms with Gasteiger partial charge in [0.05, 0.1) is 5.56 Å². The first-order valence-corrected chi connectivity index (χ1v) is 7.64. The van der Waals surface area contributed by atoms with E-state index in [1.807, 2.05) is 0 Å². The van der Waals surface area contributed by atoms with Crippen LogP contribution in [0, 0.1) is 5.82 Å². The Hall–Kier alpha value is -0.900. The summed E-state index contributed by atoms with van der Waals surface area (Å²) in [7, 11) is 0. The van der Waals surface area contributed by atoms with Crippen LogP contribution in [0.1, 0.15) is 56.3 Å². The zero-order valence-corrected chi connectivity index (χ0v) is 13.1. The first-order chi connectivity index (χ1) is 9.10. The van der Waals surface area contributed by atoms with Crippen molar-refractivity contribution in [1.29, 1.82) is 0 Å². The summed E-state index contributed by atoms with van der Waals surface area (Å²) in [4.78, 5) is 12.2. The van der Waals surface area contributed by atoms with E-state index in [9.17, 15) is 9.18 Å². The molecule has 0 bridgehead atoms. The molecule has 0 radical (unpaired) electrons. The summed E-state index contributed by atoms with van der Waals surface area (Å²) in [6.07, 6.45) is 5.05. The molecular weight excluding hydrogens is 309 g/mol. The van der Waals surface area contributed by atoms with Crippen molar-refractivity contribution in [1.82, 2.24) is 5.32 Å². The zero-order chi connectivity index (χ0) is 14.3. The van der Waals surface area contributed by atoms with E-state index in [0.717, 1.165) is 32.1 Å². The number of carbonyl (C=O) groups excluding carboxylic acids is 1. The summed E-state index contributed by atoms with van der Waals surface area (Å²) in [6, 6.07) is 4.69. The minimum absolute atomic E-state index is 0.0973. The van der Waals surface area contributed by atoms with Gasteiger partial charge in [-0.2, -0.15) is 0 Å². The normalized spacial score (nSPS) is 12.2. The third-order valence-corrected chi connectivity index (χ3v) is 3.73. The Labute approximate surface area is 122 Å². The van der Waals surface area contributed by atoms with Gasteiger partial charge in [0, 0.05) is 10.5 Å². The van der Waals surface area contributed by atoms with Crippen LogP contribution in [0.15, 0.2) is 22.7 Å². The van der Waals surface area contributed by atoms with Crippen LogP contribution >= 0.6 is 15.9 Å². The van der Waals surface area contributed by atoms with Crippen molar-refractivity contribution in [2.45, 2.75) is 52.0 Å². The fraction of sp³-hybridized carbons (Fsp3) is 0.533. The molecule has 1 aromatic carbocycles. The molecule has 0 saturated heterocycles. The fourth-order valence-electron chi connectivity index (χ4n) is 2.06. The molecule has 0 aromatic heterocycles. The molecule has 1 N–H and O–H groups in total. The average Bonchev–Trinajstić information content (AvgIpc) is 2.36. The molecule has 4 heteroatoms. The summed E-state index contributed by atoms with van der Waals surface area (Å²) in [5.74, 6) is -0.822. The standard InChI is InChI=1S/C15H21BrFNO/c1-3-5-8-11(7-4-2)18-15(19)14-12(16)9-6-10-13(14)17/h6,9-11H,3-5,7-8H2,1-2H3,(H,18,19). The molecule has 0 heterocycles. The minimum Gasteiger partial charge on any atom is -0.349 e. The van der Waals surface area contributed by atoms with Crippen LogP contribution in [0.4, 0.5) is 4.39 Å². The van der Waals surface area contributed by atoms with E-state index in [4.69, 9.17) is 0 Å². The second-order valence-corrected chi connectivity index (χ2v) is 5.55. The van der Waals surface area contributed by atoms with Crippen LogP contribution in [0.3, 0.4) is 0 Å². The summed E-state index contributed by atoms with van der Waals surface area (Å²) in [6.45, 7) is 4.21. The smallest absolute Gasteiger partial charge is 0.255 e. The van der Waals surface area contributed by atoms with E-state index in [1.165, 1.54) is 6.07 Å². The lowest BCUT2D eigenvalue weighted by atomic mass is 10.0. The van der Waals surface area contributed by atoms with Crippen molar-refractivity contribution < 1.29 is 9.18 Å². The lowest BCUT2D eigenvalue weighted by molar-refractivity contribution is 0.0927. The topological polar surface area (TPSA) is 29.1 Å². The lowest BCUT2D eigenvalue weighted by Crippen LogP contribution is -2.35. The van der Waals surface area contributed by atoms with Gasteiger partial charge >= 0.3 is 0 Å². The molecule has 0 spiro atoms. The van der Waals surface area contributed by atoms with Gasteiger partial charge in [0.25, 0.3) is 5.91 Å². The van der Waals surface area contributed by atoms with Crippen molar-refractivity contribution in [3.8, 4) is 0 Å². The Morgan fingerprint density at radius 3 is 2.63 bits per heavy atom. The van der Waals surface area contributed by atoms with Crippen LogP contribution in [-0.4, -0.2) is 11.9 Å². The second-order valence-electron chi connectivity index (χ2n) is 4.70. The van der Waals surface area contributed by atoms with Crippen LogP contribution in [0.5, 0.6) is 0 Å². The molecule has 1 rings (SSSR count). The number of nitrogens with one attached hydrogen (secondary N) is 1. The van der Waals surface area contributed by atoms with Crippen molar-refractivity contribution in [3.63, 3.8) is 0 Å². The summed E-state index contributed by atoms with van der Waals surface area (Å²) in [5.41, 5.74) is 0.0973. The lowest BCUT2D eigenvalue weighted by Gasteiger charge is -2.18. The van der Waals surface area contributed by atoms with Gasteiger partial charge in [-0.15, -0.1) is 0 Å². The number of hydrogen-bond acceptors (Lipinski definition) is 1. The van der Waals surface area contributed by atoms with E-state index in [2.05, 4.69) is 35.1 Å². The number of hydrogen-bond donors (Lipinski definition) is 1. The Morgan fingerprint density at radius 1 is 1.32 bits per heavy atom. The van der Waals surface area contributed by atoms with Crippen molar-refractivity contribution >= 4 is 21.8 Å². The summed E-state index contributed by atoms with van der Waals surface area (Å²) < 4.78 is 14.2. The number of rotatable bonds is 7. The van der Waals surface area contributed by atoms with Crippen molar-refractivity contribution in [3.05, 3.63) is 34.1 Å². The van der Waals surface area contributed by atoms with Crippen LogP contribution < -0.4 is 5.32 Å². The SMILES string of the molecule is CCCCC(CCC)NC(=O)c1c(F)cccc1Br. The molecule has 1 aromatic rings. The molecule has 0 aliphatic rings. The highest BCUT2D eigenvalue weighted by Gasteiger charge is 2.18. The van der Waals surface area contributed by atoms with Gasteiger partial charge in [0.1, 0.15) is 5.82 Å². The molecular formula is C15H21BrFNO. The molecule has 106 valence electrons. The quantitative estimate of drug-likeness (QED) is 0.773. The third-order valence-electron chi connectivity index (χ3n) is 3.07. The maximum Gasteiger partial charge on any atom is 0.255 e. The van der Waals surface area contributed by atoms with Gasteiger partial charge < -0.3 is 5.32 Å². The predicted octanol–water partition coefficient (Wildman–Crippen LogP) is 4.68. The van der Waals surface area contributed by atoms with Crippen molar-refractivity contribution in [2.75, 3.05) is 0 Å². The Bertz CT molecular complexity index is 402. The highest BCUT2D eigenvalue weighted by molar-refractivity contribution is 9.10. The molecule has 2 nitrogen and oxygen atoms in total. The second kappa shape index (κ2) is 8.31. The maximum atomic E-state index is 13.7. The Balaban J connectivity index is 2.75. The fourth-order valence-corrected chi connectivity index (χ4v) is 2.58. The van der Waals surface area contributed by atoms with E-state index >= 15 is 0 Å². The molecule has 1 atom stereocenters. The van der Waals surface area contributed by atoms with Crippen LogP contribution in [0.25, 0.3) is 0 Å². The number of unbranched alkanes of at least 4 members (excludes halogenated alkanes) is 1. The number of amides is 1. The first-order valence-electron chi connectivity index (χ1n) is 6.85. The molecule has 1 unspecified atom stereocenters. The van der Waals surface area contributed by atoms with E-state index < -0.39 is 5.82 Å². The van der Waals surface area contributed by atoms with E-state index in [-0.39, 0.29) is 17.5 Å². The van der Waals surface area contributed by atoms with Crippen LogP contribution in [-0.2, 0) is 0 Å². The predicted molar refractivity (Wildman–Crippen MR) is 79.8 cm³/mol. The van der Waals surface area contributed by atoms with Crippen molar-refractivity contribution in [2.24, 2.45) is 0 Å². The molecule has 0 aliphatic heterocycles. The summed E-state index contributed by atoms with van der Waals surface area (Å²) >= 11 is 3.23. The van der Waals surface area contributed by atoms with Gasteiger partial charge in [-0.25, -0.2) is 4.39 Å². The van der Waals surface area contributed by atoms with E-state index in [0.29, 0.717) is 4.47 Å². The molecule has 0 aliphatic carbocycles. The Morgan fingerprint density at radius 2 is 2.05 bits per heavy atom. The van der Waals surface area contributed by atoms with Crippen LogP contribution in [0.2, 0.25) is 0 Å². The molecule has 0 saturated carbocycles. The van der Waals surface area contributed by atoms with Gasteiger partial charge in [-0.05, 0) is 40.9 Å². The molecule has 0 fully saturated rings. The van der Waals surface area contributed by atoms with Gasteiger partial charge in [-0.1, -0.05) is 39.2 Å². The summed E-state index contributed by atoms with van der Waals surface area (Å²) in [5, 5.41) is 2.94. The number of benzene rings is 1. The van der Waals surface area contributed by atoms with Gasteiger partial charge in [0.15, 0.2) is 0 Å². The largest absolute Gasteiger partial charge is 0.349 e. The van der Waals surface area contributed by atoms with E-state index in [1.54, 1.807) is 12.1 Å². The highest BCUT2D eigenvalue weighted by Crippen LogP contribution is 2.20. The highest BCUT2D eigenvalue weighted by atomic mass is 79.9. The maximum absolute atomic E-state index is 13.7. The zero-order valence-electron chi connectivity index (χ0n) is 11.5. The third kappa shape index (κ3) is 4.94. The molecule has 1 amide bonds. The Kier molecular flexibility index (Phi) is 7.06. The average molecular weight is 330 g/mol. The molecule has 19 heavy (non-hydrogen) atoms. The minimum atomic E-state index is -0.488. The monoisotopic (exact) mass is 329 g/mol. The van der Waals surface area contributed by atoms with Gasteiger partial charge in [0.2, 0.25) is 0 Å². The van der Waals surface area contributed by atoms with Gasteiger partial charge in [-0.3, -0.25) is 4.79 Å². The number of halogens is 2. The number of carbonyl (C=O) groups is 1.